The number of benzene rings is 2. The first kappa shape index (κ1) is 19.6. The summed E-state index contributed by atoms with van der Waals surface area (Å²) in [6, 6.07) is 13.1. The molecule has 1 aliphatic carbocycles. The van der Waals surface area contributed by atoms with Crippen molar-refractivity contribution in [3.63, 3.8) is 0 Å². The summed E-state index contributed by atoms with van der Waals surface area (Å²) in [7, 11) is 0. The average Bonchev–Trinajstić information content (AvgIpc) is 3.32. The van der Waals surface area contributed by atoms with Crippen LogP contribution in [0.3, 0.4) is 0 Å². The predicted molar refractivity (Wildman–Crippen MR) is 114 cm³/mol. The second-order valence-corrected chi connectivity index (χ2v) is 8.06. The molecule has 0 saturated heterocycles. The number of aromatic nitrogens is 3. The summed E-state index contributed by atoms with van der Waals surface area (Å²) >= 11 is 7.08. The van der Waals surface area contributed by atoms with Gasteiger partial charge in [0, 0.05) is 10.7 Å². The zero-order valence-electron chi connectivity index (χ0n) is 15.6. The molecule has 0 fully saturated rings. The Morgan fingerprint density at radius 3 is 2.79 bits per heavy atom. The third-order valence-electron chi connectivity index (χ3n) is 4.63. The Kier molecular flexibility index (Phi) is 5.92. The lowest BCUT2D eigenvalue weighted by Crippen LogP contribution is -2.18. The van der Waals surface area contributed by atoms with Gasteiger partial charge in [-0.15, -0.1) is 10.2 Å². The van der Waals surface area contributed by atoms with Crippen molar-refractivity contribution in [2.45, 2.75) is 31.0 Å². The Labute approximate surface area is 177 Å². The fourth-order valence-corrected chi connectivity index (χ4v) is 3.96. The molecule has 1 aromatic heterocycles. The standard InChI is InChI=1S/C20H20ClN5O2S/c21-15-5-8-17(9-6-15)28-11-18-24-25-20(26(18)22)29-12-19(27)23-16-7-4-13-2-1-3-14(13)10-16/h4-10H,1-3,11-12,22H2,(H,23,27). The number of carbonyl (C=O) groups excluding carboxylic acids is 1. The molecule has 0 spiro atoms. The molecule has 1 amide bonds. The van der Waals surface area contributed by atoms with Crippen molar-refractivity contribution in [1.29, 1.82) is 0 Å². The zero-order chi connectivity index (χ0) is 20.2. The van der Waals surface area contributed by atoms with Crippen LogP contribution in [-0.4, -0.2) is 26.5 Å². The molecule has 3 aromatic rings. The highest BCUT2D eigenvalue weighted by Crippen LogP contribution is 2.25. The Hall–Kier alpha value is -2.71. The minimum absolute atomic E-state index is 0.116. The van der Waals surface area contributed by atoms with E-state index < -0.39 is 0 Å². The number of hydrogen-bond acceptors (Lipinski definition) is 6. The van der Waals surface area contributed by atoms with Crippen molar-refractivity contribution in [2.24, 2.45) is 0 Å². The maximum Gasteiger partial charge on any atom is 0.234 e. The summed E-state index contributed by atoms with van der Waals surface area (Å²) in [5, 5.41) is 12.1. The number of thioether (sulfide) groups is 1. The molecular formula is C20H20ClN5O2S. The van der Waals surface area contributed by atoms with Crippen molar-refractivity contribution in [3.05, 3.63) is 64.4 Å². The fraction of sp³-hybridized carbons (Fsp3) is 0.250. The second kappa shape index (κ2) is 8.75. The number of ether oxygens (including phenoxy) is 1. The number of nitrogens with two attached hydrogens (primary N) is 1. The van der Waals surface area contributed by atoms with Gasteiger partial charge in [-0.2, -0.15) is 0 Å². The van der Waals surface area contributed by atoms with Gasteiger partial charge in [0.05, 0.1) is 5.75 Å². The number of halogens is 1. The van der Waals surface area contributed by atoms with Gasteiger partial charge in [0.15, 0.2) is 5.82 Å². The van der Waals surface area contributed by atoms with Gasteiger partial charge in [-0.25, -0.2) is 4.68 Å². The Morgan fingerprint density at radius 2 is 1.97 bits per heavy atom. The van der Waals surface area contributed by atoms with Gasteiger partial charge in [-0.3, -0.25) is 4.79 Å². The van der Waals surface area contributed by atoms with Crippen molar-refractivity contribution >= 4 is 35.0 Å². The highest BCUT2D eigenvalue weighted by molar-refractivity contribution is 7.99. The van der Waals surface area contributed by atoms with Crippen LogP contribution < -0.4 is 15.9 Å². The van der Waals surface area contributed by atoms with E-state index in [0.717, 1.165) is 18.5 Å². The van der Waals surface area contributed by atoms with E-state index in [1.807, 2.05) is 6.07 Å². The lowest BCUT2D eigenvalue weighted by molar-refractivity contribution is -0.113. The first-order chi connectivity index (χ1) is 14.1. The van der Waals surface area contributed by atoms with Gasteiger partial charge in [-0.1, -0.05) is 29.4 Å². The highest BCUT2D eigenvalue weighted by atomic mass is 35.5. The van der Waals surface area contributed by atoms with E-state index in [1.165, 1.54) is 34.0 Å². The van der Waals surface area contributed by atoms with Crippen LogP contribution in [0.25, 0.3) is 0 Å². The molecule has 0 aliphatic heterocycles. The number of rotatable bonds is 7. The van der Waals surface area contributed by atoms with E-state index in [-0.39, 0.29) is 18.3 Å². The Balaban J connectivity index is 1.29. The lowest BCUT2D eigenvalue weighted by atomic mass is 10.1. The zero-order valence-corrected chi connectivity index (χ0v) is 17.2. The summed E-state index contributed by atoms with van der Waals surface area (Å²) in [5.74, 6) is 7.21. The van der Waals surface area contributed by atoms with E-state index in [0.29, 0.717) is 21.8 Å². The molecule has 3 N–H and O–H groups in total. The number of carbonyl (C=O) groups is 1. The largest absolute Gasteiger partial charge is 0.486 e. The smallest absolute Gasteiger partial charge is 0.234 e. The minimum atomic E-state index is -0.116. The monoisotopic (exact) mass is 429 g/mol. The van der Waals surface area contributed by atoms with Gasteiger partial charge >= 0.3 is 0 Å². The normalized spacial score (nSPS) is 12.6. The van der Waals surface area contributed by atoms with Crippen LogP contribution in [-0.2, 0) is 24.2 Å². The summed E-state index contributed by atoms with van der Waals surface area (Å²) in [4.78, 5) is 12.3. The van der Waals surface area contributed by atoms with Crippen molar-refractivity contribution in [2.75, 3.05) is 16.9 Å². The van der Waals surface area contributed by atoms with Gasteiger partial charge in [0.25, 0.3) is 0 Å². The molecular weight excluding hydrogens is 410 g/mol. The van der Waals surface area contributed by atoms with Crippen LogP contribution in [0.15, 0.2) is 47.6 Å². The molecule has 0 saturated carbocycles. The van der Waals surface area contributed by atoms with Crippen LogP contribution >= 0.6 is 23.4 Å². The molecule has 0 radical (unpaired) electrons. The highest BCUT2D eigenvalue weighted by Gasteiger charge is 2.15. The molecule has 9 heteroatoms. The molecule has 29 heavy (non-hydrogen) atoms. The van der Waals surface area contributed by atoms with Crippen LogP contribution in [0, 0.1) is 0 Å². The van der Waals surface area contributed by atoms with Crippen LogP contribution in [0.1, 0.15) is 23.4 Å². The number of nitrogens with zero attached hydrogens (tertiary/aromatic N) is 3. The number of nitrogen functional groups attached to an aromatic ring is 1. The van der Waals surface area contributed by atoms with Crippen molar-refractivity contribution in [1.82, 2.24) is 14.9 Å². The first-order valence-corrected chi connectivity index (χ1v) is 10.6. The quantitative estimate of drug-likeness (QED) is 0.441. The maximum atomic E-state index is 12.3. The number of hydrogen-bond donors (Lipinski definition) is 2. The summed E-state index contributed by atoms with van der Waals surface area (Å²) in [6.07, 6.45) is 3.37. The third kappa shape index (κ3) is 4.83. The molecule has 0 bridgehead atoms. The van der Waals surface area contributed by atoms with E-state index in [9.17, 15) is 4.79 Å². The second-order valence-electron chi connectivity index (χ2n) is 6.69. The van der Waals surface area contributed by atoms with E-state index in [1.54, 1.807) is 24.3 Å². The summed E-state index contributed by atoms with van der Waals surface area (Å²) < 4.78 is 6.97. The topological polar surface area (TPSA) is 95.1 Å². The number of aryl methyl sites for hydroxylation is 2. The third-order valence-corrected chi connectivity index (χ3v) is 5.83. The number of fused-ring (bicyclic) bond motifs is 1. The molecule has 150 valence electrons. The lowest BCUT2D eigenvalue weighted by Gasteiger charge is -2.08. The maximum absolute atomic E-state index is 12.3. The molecule has 1 heterocycles. The van der Waals surface area contributed by atoms with Gasteiger partial charge < -0.3 is 15.9 Å². The van der Waals surface area contributed by atoms with Crippen molar-refractivity contribution in [3.8, 4) is 5.75 Å². The van der Waals surface area contributed by atoms with E-state index in [2.05, 4.69) is 27.6 Å². The Bertz CT molecular complexity index is 1020. The summed E-state index contributed by atoms with van der Waals surface area (Å²) in [5.41, 5.74) is 3.52. The van der Waals surface area contributed by atoms with Gasteiger partial charge in [0.1, 0.15) is 12.4 Å². The average molecular weight is 430 g/mol. The van der Waals surface area contributed by atoms with Gasteiger partial charge in [0.2, 0.25) is 11.1 Å². The Morgan fingerprint density at radius 1 is 1.17 bits per heavy atom. The molecule has 0 unspecified atom stereocenters. The molecule has 1 aliphatic rings. The predicted octanol–water partition coefficient (Wildman–Crippen LogP) is 3.44. The van der Waals surface area contributed by atoms with E-state index in [4.69, 9.17) is 22.2 Å². The molecule has 2 aromatic carbocycles. The van der Waals surface area contributed by atoms with Crippen molar-refractivity contribution < 1.29 is 9.53 Å². The van der Waals surface area contributed by atoms with Crippen LogP contribution in [0.4, 0.5) is 5.69 Å². The van der Waals surface area contributed by atoms with Crippen LogP contribution in [0.5, 0.6) is 5.75 Å². The first-order valence-electron chi connectivity index (χ1n) is 9.20. The SMILES string of the molecule is Nn1c(COc2ccc(Cl)cc2)nnc1SCC(=O)Nc1ccc2c(c1)CCC2. The molecule has 4 rings (SSSR count). The van der Waals surface area contributed by atoms with Crippen LogP contribution in [0.2, 0.25) is 5.02 Å². The molecule has 0 atom stereocenters. The number of amides is 1. The molecule has 7 nitrogen and oxygen atoms in total. The number of nitrogens with one attached hydrogen (secondary N) is 1. The summed E-state index contributed by atoms with van der Waals surface area (Å²) in [6.45, 7) is 0.160. The fourth-order valence-electron chi connectivity index (χ4n) is 3.16. The number of anilines is 1. The van der Waals surface area contributed by atoms with E-state index >= 15 is 0 Å². The van der Waals surface area contributed by atoms with Gasteiger partial charge in [-0.05, 0) is 66.8 Å². The minimum Gasteiger partial charge on any atom is -0.486 e.